The minimum absolute atomic E-state index is 0.0657. The van der Waals surface area contributed by atoms with Crippen molar-refractivity contribution in [2.75, 3.05) is 6.54 Å². The van der Waals surface area contributed by atoms with Crippen LogP contribution in [0.1, 0.15) is 36.3 Å². The van der Waals surface area contributed by atoms with E-state index < -0.39 is 11.9 Å². The SMILES string of the molecule is Cc1c(C(=O)NC(C(N)=O)C(C)C)cnn1CCCN. The first-order chi connectivity index (χ1) is 9.38. The van der Waals surface area contributed by atoms with Gasteiger partial charge in [0.1, 0.15) is 6.04 Å². The van der Waals surface area contributed by atoms with Gasteiger partial charge in [-0.25, -0.2) is 0 Å². The van der Waals surface area contributed by atoms with E-state index in [-0.39, 0.29) is 11.8 Å². The molecule has 0 radical (unpaired) electrons. The number of rotatable bonds is 7. The Morgan fingerprint density at radius 3 is 2.60 bits per heavy atom. The maximum absolute atomic E-state index is 12.2. The van der Waals surface area contributed by atoms with Crippen molar-refractivity contribution in [1.82, 2.24) is 15.1 Å². The molecule has 1 heterocycles. The molecular formula is C13H23N5O2. The molecule has 0 bridgehead atoms. The molecule has 0 spiro atoms. The lowest BCUT2D eigenvalue weighted by molar-refractivity contribution is -0.120. The van der Waals surface area contributed by atoms with Crippen molar-refractivity contribution in [3.8, 4) is 0 Å². The first kappa shape index (κ1) is 16.2. The monoisotopic (exact) mass is 281 g/mol. The number of hydrogen-bond donors (Lipinski definition) is 3. The summed E-state index contributed by atoms with van der Waals surface area (Å²) < 4.78 is 1.73. The second-order valence-electron chi connectivity index (χ2n) is 5.11. The van der Waals surface area contributed by atoms with E-state index in [1.54, 1.807) is 4.68 Å². The Labute approximate surface area is 118 Å². The van der Waals surface area contributed by atoms with Crippen LogP contribution in [0.15, 0.2) is 6.20 Å². The molecule has 0 aromatic carbocycles. The van der Waals surface area contributed by atoms with Crippen molar-refractivity contribution >= 4 is 11.8 Å². The van der Waals surface area contributed by atoms with Crippen LogP contribution in [-0.4, -0.2) is 34.2 Å². The van der Waals surface area contributed by atoms with E-state index in [9.17, 15) is 9.59 Å². The largest absolute Gasteiger partial charge is 0.368 e. The first-order valence-corrected chi connectivity index (χ1v) is 6.71. The van der Waals surface area contributed by atoms with E-state index in [0.717, 1.165) is 12.1 Å². The van der Waals surface area contributed by atoms with Gasteiger partial charge in [0, 0.05) is 12.2 Å². The predicted molar refractivity (Wildman–Crippen MR) is 75.9 cm³/mol. The topological polar surface area (TPSA) is 116 Å². The number of amides is 2. The summed E-state index contributed by atoms with van der Waals surface area (Å²) >= 11 is 0. The van der Waals surface area contributed by atoms with Crippen LogP contribution in [0.25, 0.3) is 0 Å². The van der Waals surface area contributed by atoms with Gasteiger partial charge < -0.3 is 16.8 Å². The molecule has 1 aromatic rings. The fraction of sp³-hybridized carbons (Fsp3) is 0.615. The fourth-order valence-electron chi connectivity index (χ4n) is 1.92. The third-order valence-corrected chi connectivity index (χ3v) is 3.18. The van der Waals surface area contributed by atoms with Crippen LogP contribution in [0.3, 0.4) is 0 Å². The van der Waals surface area contributed by atoms with Gasteiger partial charge in [0.2, 0.25) is 5.91 Å². The predicted octanol–water partition coefficient (Wildman–Crippen LogP) is -0.220. The smallest absolute Gasteiger partial charge is 0.255 e. The van der Waals surface area contributed by atoms with E-state index in [4.69, 9.17) is 11.5 Å². The number of aromatic nitrogens is 2. The van der Waals surface area contributed by atoms with Gasteiger partial charge in [-0.1, -0.05) is 13.8 Å². The molecule has 0 aliphatic carbocycles. The van der Waals surface area contributed by atoms with Crippen LogP contribution in [0.4, 0.5) is 0 Å². The number of aryl methyl sites for hydroxylation is 1. The molecule has 0 saturated heterocycles. The van der Waals surface area contributed by atoms with Crippen molar-refractivity contribution in [1.29, 1.82) is 0 Å². The maximum Gasteiger partial charge on any atom is 0.255 e. The van der Waals surface area contributed by atoms with Gasteiger partial charge in [-0.05, 0) is 25.8 Å². The van der Waals surface area contributed by atoms with Crippen molar-refractivity contribution in [3.05, 3.63) is 17.5 Å². The Hall–Kier alpha value is -1.89. The summed E-state index contributed by atoms with van der Waals surface area (Å²) in [6.07, 6.45) is 2.29. The molecule has 7 heteroatoms. The molecule has 0 fully saturated rings. The highest BCUT2D eigenvalue weighted by Crippen LogP contribution is 2.09. The second kappa shape index (κ2) is 7.04. The standard InChI is InChI=1S/C13H23N5O2/c1-8(2)11(12(15)19)17-13(20)10-7-16-18(9(10)3)6-4-5-14/h7-8,11H,4-6,14H2,1-3H3,(H2,15,19)(H,17,20). The molecule has 112 valence electrons. The van der Waals surface area contributed by atoms with Crippen LogP contribution in [0.2, 0.25) is 0 Å². The van der Waals surface area contributed by atoms with Crippen molar-refractivity contribution in [2.24, 2.45) is 17.4 Å². The van der Waals surface area contributed by atoms with Gasteiger partial charge in [-0.3, -0.25) is 14.3 Å². The molecule has 0 saturated carbocycles. The van der Waals surface area contributed by atoms with E-state index in [2.05, 4.69) is 10.4 Å². The van der Waals surface area contributed by atoms with Gasteiger partial charge in [0.05, 0.1) is 11.8 Å². The fourth-order valence-corrected chi connectivity index (χ4v) is 1.92. The number of hydrogen-bond acceptors (Lipinski definition) is 4. The molecular weight excluding hydrogens is 258 g/mol. The summed E-state index contributed by atoms with van der Waals surface area (Å²) in [5.41, 5.74) is 11.9. The van der Waals surface area contributed by atoms with Gasteiger partial charge in [0.15, 0.2) is 0 Å². The van der Waals surface area contributed by atoms with E-state index in [1.807, 2.05) is 20.8 Å². The molecule has 1 atom stereocenters. The maximum atomic E-state index is 12.2. The molecule has 20 heavy (non-hydrogen) atoms. The number of primary amides is 1. The lowest BCUT2D eigenvalue weighted by Gasteiger charge is -2.18. The van der Waals surface area contributed by atoms with Crippen molar-refractivity contribution in [2.45, 2.75) is 39.8 Å². The van der Waals surface area contributed by atoms with Crippen molar-refractivity contribution in [3.63, 3.8) is 0 Å². The van der Waals surface area contributed by atoms with Crippen LogP contribution >= 0.6 is 0 Å². The average molecular weight is 281 g/mol. The Morgan fingerprint density at radius 2 is 2.10 bits per heavy atom. The molecule has 0 aliphatic heterocycles. The van der Waals surface area contributed by atoms with Gasteiger partial charge in [-0.15, -0.1) is 0 Å². The molecule has 1 rings (SSSR count). The normalized spacial score (nSPS) is 12.4. The molecule has 1 unspecified atom stereocenters. The highest BCUT2D eigenvalue weighted by molar-refractivity contribution is 5.98. The molecule has 5 N–H and O–H groups in total. The van der Waals surface area contributed by atoms with E-state index in [1.165, 1.54) is 6.20 Å². The lowest BCUT2D eigenvalue weighted by atomic mass is 10.0. The average Bonchev–Trinajstić information content (AvgIpc) is 2.73. The van der Waals surface area contributed by atoms with Crippen LogP contribution in [0, 0.1) is 12.8 Å². The summed E-state index contributed by atoms with van der Waals surface area (Å²) in [6.45, 7) is 6.70. The van der Waals surface area contributed by atoms with E-state index in [0.29, 0.717) is 18.7 Å². The Bertz CT molecular complexity index is 481. The molecule has 7 nitrogen and oxygen atoms in total. The third kappa shape index (κ3) is 3.80. The Morgan fingerprint density at radius 1 is 1.45 bits per heavy atom. The Balaban J connectivity index is 2.82. The summed E-state index contributed by atoms with van der Waals surface area (Å²) in [7, 11) is 0. The summed E-state index contributed by atoms with van der Waals surface area (Å²) in [5.74, 6) is -0.940. The molecule has 1 aromatic heterocycles. The van der Waals surface area contributed by atoms with Gasteiger partial charge >= 0.3 is 0 Å². The highest BCUT2D eigenvalue weighted by Gasteiger charge is 2.24. The number of carbonyl (C=O) groups excluding carboxylic acids is 2. The zero-order chi connectivity index (χ0) is 15.3. The van der Waals surface area contributed by atoms with Gasteiger partial charge in [-0.2, -0.15) is 5.10 Å². The minimum atomic E-state index is -0.686. The van der Waals surface area contributed by atoms with Gasteiger partial charge in [0.25, 0.3) is 5.91 Å². The molecule has 2 amide bonds. The quantitative estimate of drug-likeness (QED) is 0.640. The van der Waals surface area contributed by atoms with Crippen molar-refractivity contribution < 1.29 is 9.59 Å². The minimum Gasteiger partial charge on any atom is -0.368 e. The second-order valence-corrected chi connectivity index (χ2v) is 5.11. The van der Waals surface area contributed by atoms with Crippen LogP contribution < -0.4 is 16.8 Å². The summed E-state index contributed by atoms with van der Waals surface area (Å²) in [6, 6.07) is -0.686. The number of carbonyl (C=O) groups is 2. The van der Waals surface area contributed by atoms with Crippen LogP contribution in [0.5, 0.6) is 0 Å². The third-order valence-electron chi connectivity index (χ3n) is 3.18. The number of nitrogens with zero attached hydrogens (tertiary/aromatic N) is 2. The zero-order valence-corrected chi connectivity index (χ0v) is 12.2. The molecule has 0 aliphatic rings. The summed E-state index contributed by atoms with van der Waals surface area (Å²) in [5, 5.41) is 6.81. The summed E-state index contributed by atoms with van der Waals surface area (Å²) in [4.78, 5) is 23.5. The highest BCUT2D eigenvalue weighted by atomic mass is 16.2. The lowest BCUT2D eigenvalue weighted by Crippen LogP contribution is -2.47. The number of nitrogens with one attached hydrogen (secondary N) is 1. The zero-order valence-electron chi connectivity index (χ0n) is 12.2. The van der Waals surface area contributed by atoms with Crippen LogP contribution in [-0.2, 0) is 11.3 Å². The first-order valence-electron chi connectivity index (χ1n) is 6.71. The number of nitrogens with two attached hydrogens (primary N) is 2. The Kier molecular flexibility index (Phi) is 5.69. The van der Waals surface area contributed by atoms with E-state index >= 15 is 0 Å².